The summed E-state index contributed by atoms with van der Waals surface area (Å²) in [6.45, 7) is 10.5. The summed E-state index contributed by atoms with van der Waals surface area (Å²) >= 11 is 0. The van der Waals surface area contributed by atoms with Crippen LogP contribution >= 0.6 is 0 Å². The first-order valence-electron chi connectivity index (χ1n) is 4.54. The van der Waals surface area contributed by atoms with Crippen LogP contribution in [0.25, 0.3) is 0 Å². The molecule has 3 heteroatoms. The second-order valence-electron chi connectivity index (χ2n) is 4.12. The molecule has 0 aromatic carbocycles. The van der Waals surface area contributed by atoms with Gasteiger partial charge < -0.3 is 10.3 Å². The Balaban J connectivity index is 2.55. The molecular formula is C8H20N2Si. The molecule has 1 saturated heterocycles. The van der Waals surface area contributed by atoms with Crippen LogP contribution in [-0.2, 0) is 0 Å². The van der Waals surface area contributed by atoms with Gasteiger partial charge in [-0.25, -0.2) is 0 Å². The zero-order valence-corrected chi connectivity index (χ0v) is 8.93. The van der Waals surface area contributed by atoms with Crippen LogP contribution in [0.2, 0.25) is 18.6 Å². The van der Waals surface area contributed by atoms with Crippen LogP contribution in [0.4, 0.5) is 0 Å². The molecule has 66 valence electrons. The molecule has 0 aliphatic carbocycles. The minimum Gasteiger partial charge on any atom is -0.329 e. The lowest BCUT2D eigenvalue weighted by Gasteiger charge is -2.32. The lowest BCUT2D eigenvalue weighted by atomic mass is 10.3. The van der Waals surface area contributed by atoms with Crippen LogP contribution in [0.3, 0.4) is 0 Å². The van der Waals surface area contributed by atoms with Crippen molar-refractivity contribution in [2.45, 2.75) is 32.0 Å². The van der Waals surface area contributed by atoms with E-state index in [9.17, 15) is 0 Å². The maximum Gasteiger partial charge on any atom is 0.125 e. The molecule has 1 fully saturated rings. The topological polar surface area (TPSA) is 29.3 Å². The molecule has 11 heavy (non-hydrogen) atoms. The van der Waals surface area contributed by atoms with E-state index in [1.54, 1.807) is 0 Å². The van der Waals surface area contributed by atoms with Gasteiger partial charge in [0.2, 0.25) is 0 Å². The van der Waals surface area contributed by atoms with Crippen LogP contribution in [0.5, 0.6) is 0 Å². The number of nitrogens with two attached hydrogens (primary N) is 1. The molecule has 0 spiro atoms. The Labute approximate surface area is 70.8 Å². The minimum absolute atomic E-state index is 0.823. The third-order valence-electron chi connectivity index (χ3n) is 3.25. The van der Waals surface area contributed by atoms with Gasteiger partial charge in [-0.1, -0.05) is 20.0 Å². The molecule has 1 heterocycles. The van der Waals surface area contributed by atoms with Crippen molar-refractivity contribution in [1.82, 2.24) is 4.57 Å². The van der Waals surface area contributed by atoms with Crippen LogP contribution < -0.4 is 5.73 Å². The van der Waals surface area contributed by atoms with Crippen LogP contribution in [0.15, 0.2) is 0 Å². The van der Waals surface area contributed by atoms with Crippen LogP contribution in [-0.4, -0.2) is 32.4 Å². The maximum absolute atomic E-state index is 5.56. The molecule has 2 nitrogen and oxygen atoms in total. The summed E-state index contributed by atoms with van der Waals surface area (Å²) in [6.07, 6.45) is 1.39. The van der Waals surface area contributed by atoms with E-state index in [-0.39, 0.29) is 0 Å². The Hall–Kier alpha value is 0.137. The van der Waals surface area contributed by atoms with Crippen molar-refractivity contribution in [3.05, 3.63) is 0 Å². The summed E-state index contributed by atoms with van der Waals surface area (Å²) in [5.41, 5.74) is 6.51. The molecule has 0 aromatic heterocycles. The second kappa shape index (κ2) is 3.25. The van der Waals surface area contributed by atoms with E-state index in [1.165, 1.54) is 13.0 Å². The molecule has 0 saturated carbocycles. The molecule has 1 aliphatic rings. The average Bonchev–Trinajstić information content (AvgIpc) is 2.16. The van der Waals surface area contributed by atoms with Crippen molar-refractivity contribution in [3.8, 4) is 0 Å². The van der Waals surface area contributed by atoms with Crippen LogP contribution in [0, 0.1) is 0 Å². The van der Waals surface area contributed by atoms with Gasteiger partial charge in [0.25, 0.3) is 0 Å². The predicted molar refractivity (Wildman–Crippen MR) is 52.2 cm³/mol. The molecule has 1 rings (SSSR count). The molecule has 0 amide bonds. The quantitative estimate of drug-likeness (QED) is 0.635. The van der Waals surface area contributed by atoms with Crippen molar-refractivity contribution in [2.24, 2.45) is 5.73 Å². The monoisotopic (exact) mass is 172 g/mol. The highest BCUT2D eigenvalue weighted by molar-refractivity contribution is 6.76. The van der Waals surface area contributed by atoms with Gasteiger partial charge in [0.15, 0.2) is 0 Å². The van der Waals surface area contributed by atoms with Gasteiger partial charge in [-0.15, -0.1) is 0 Å². The van der Waals surface area contributed by atoms with Gasteiger partial charge in [0.05, 0.1) is 0 Å². The Kier molecular flexibility index (Phi) is 2.73. The highest BCUT2D eigenvalue weighted by Crippen LogP contribution is 2.34. The van der Waals surface area contributed by atoms with Gasteiger partial charge in [-0.3, -0.25) is 0 Å². The Morgan fingerprint density at radius 3 is 2.55 bits per heavy atom. The maximum atomic E-state index is 5.56. The first-order chi connectivity index (χ1) is 5.09. The van der Waals surface area contributed by atoms with Crippen molar-refractivity contribution >= 4 is 8.24 Å². The first kappa shape index (κ1) is 9.23. The largest absolute Gasteiger partial charge is 0.329 e. The minimum atomic E-state index is -1.04. The van der Waals surface area contributed by atoms with E-state index < -0.39 is 8.24 Å². The van der Waals surface area contributed by atoms with Crippen molar-refractivity contribution in [3.63, 3.8) is 0 Å². The summed E-state index contributed by atoms with van der Waals surface area (Å²) in [5.74, 6) is 0. The number of hydrogen-bond donors (Lipinski definition) is 1. The Bertz CT molecular complexity index is 134. The van der Waals surface area contributed by atoms with E-state index in [0.717, 1.165) is 18.6 Å². The molecule has 0 radical (unpaired) electrons. The molecule has 1 unspecified atom stereocenters. The zero-order chi connectivity index (χ0) is 8.48. The number of hydrogen-bond acceptors (Lipinski definition) is 2. The SMILES string of the molecule is CC1CCN(CCN)[Si]1(C)C. The Morgan fingerprint density at radius 2 is 2.18 bits per heavy atom. The van der Waals surface area contributed by atoms with E-state index in [4.69, 9.17) is 5.73 Å². The lowest BCUT2D eigenvalue weighted by Crippen LogP contribution is -2.47. The second-order valence-corrected chi connectivity index (χ2v) is 9.04. The highest BCUT2D eigenvalue weighted by Gasteiger charge is 2.39. The summed E-state index contributed by atoms with van der Waals surface area (Å²) < 4.78 is 2.64. The Morgan fingerprint density at radius 1 is 1.55 bits per heavy atom. The third kappa shape index (κ3) is 1.66. The van der Waals surface area contributed by atoms with Crippen molar-refractivity contribution in [1.29, 1.82) is 0 Å². The van der Waals surface area contributed by atoms with E-state index >= 15 is 0 Å². The van der Waals surface area contributed by atoms with Gasteiger partial charge in [-0.2, -0.15) is 0 Å². The average molecular weight is 172 g/mol. The lowest BCUT2D eigenvalue weighted by molar-refractivity contribution is 0.467. The molecule has 0 bridgehead atoms. The summed E-state index contributed by atoms with van der Waals surface area (Å²) in [6, 6.07) is 0. The molecular weight excluding hydrogens is 152 g/mol. The van der Waals surface area contributed by atoms with Gasteiger partial charge in [0, 0.05) is 13.1 Å². The van der Waals surface area contributed by atoms with Gasteiger partial charge in [-0.05, 0) is 18.5 Å². The fourth-order valence-corrected chi connectivity index (χ4v) is 4.73. The van der Waals surface area contributed by atoms with Crippen molar-refractivity contribution < 1.29 is 0 Å². The van der Waals surface area contributed by atoms with E-state index in [2.05, 4.69) is 24.6 Å². The van der Waals surface area contributed by atoms with Gasteiger partial charge in [0.1, 0.15) is 8.24 Å². The molecule has 0 aromatic rings. The number of nitrogens with zero attached hydrogens (tertiary/aromatic N) is 1. The van der Waals surface area contributed by atoms with Crippen LogP contribution in [0.1, 0.15) is 13.3 Å². The van der Waals surface area contributed by atoms with Crippen molar-refractivity contribution in [2.75, 3.05) is 19.6 Å². The summed E-state index contributed by atoms with van der Waals surface area (Å²) in [7, 11) is -1.04. The standard InChI is InChI=1S/C8H20N2Si/c1-8-4-6-10(7-5-9)11(8,2)3/h8H,4-7,9H2,1-3H3. The fraction of sp³-hybridized carbons (Fsp3) is 1.00. The van der Waals surface area contributed by atoms with E-state index in [1.807, 2.05) is 0 Å². The van der Waals surface area contributed by atoms with E-state index in [0.29, 0.717) is 0 Å². The summed E-state index contributed by atoms with van der Waals surface area (Å²) in [4.78, 5) is 0. The normalized spacial score (nSPS) is 31.1. The van der Waals surface area contributed by atoms with Gasteiger partial charge >= 0.3 is 0 Å². The fourth-order valence-electron chi connectivity index (χ4n) is 1.86. The third-order valence-corrected chi connectivity index (χ3v) is 8.03. The molecule has 2 N–H and O–H groups in total. The summed E-state index contributed by atoms with van der Waals surface area (Å²) in [5, 5.41) is 0. The molecule has 1 atom stereocenters. The zero-order valence-electron chi connectivity index (χ0n) is 7.93. The first-order valence-corrected chi connectivity index (χ1v) is 7.56. The highest BCUT2D eigenvalue weighted by atomic mass is 28.3. The number of rotatable bonds is 2. The molecule has 1 aliphatic heterocycles. The smallest absolute Gasteiger partial charge is 0.125 e. The predicted octanol–water partition coefficient (Wildman–Crippen LogP) is 1.25.